The normalized spacial score (nSPS) is 17.7. The number of ether oxygens (including phenoxy) is 1. The Morgan fingerprint density at radius 1 is 1.14 bits per heavy atom. The SMILES string of the molecule is CN=C(NCC(c1ccc(C)o1)N1CCOCC1)NC(C)CCc1ccccc1. The van der Waals surface area contributed by atoms with Crippen LogP contribution in [0.4, 0.5) is 0 Å². The number of nitrogens with zero attached hydrogens (tertiary/aromatic N) is 2. The fraction of sp³-hybridized carbons (Fsp3) is 0.522. The number of rotatable bonds is 8. The van der Waals surface area contributed by atoms with Crippen LogP contribution in [0.1, 0.15) is 36.5 Å². The fourth-order valence-corrected chi connectivity index (χ4v) is 3.65. The van der Waals surface area contributed by atoms with Crippen molar-refractivity contribution in [2.24, 2.45) is 4.99 Å². The predicted octanol–water partition coefficient (Wildman–Crippen LogP) is 3.15. The van der Waals surface area contributed by atoms with Crippen LogP contribution in [0.5, 0.6) is 0 Å². The van der Waals surface area contributed by atoms with Crippen LogP contribution in [-0.4, -0.2) is 56.8 Å². The second-order valence-corrected chi connectivity index (χ2v) is 7.64. The van der Waals surface area contributed by atoms with E-state index in [2.05, 4.69) is 63.8 Å². The molecule has 0 radical (unpaired) electrons. The zero-order valence-electron chi connectivity index (χ0n) is 17.9. The van der Waals surface area contributed by atoms with Crippen molar-refractivity contribution in [3.8, 4) is 0 Å². The Morgan fingerprint density at radius 2 is 1.90 bits per heavy atom. The number of hydrogen-bond donors (Lipinski definition) is 2. The molecule has 6 heteroatoms. The Labute approximate surface area is 174 Å². The maximum absolute atomic E-state index is 5.95. The topological polar surface area (TPSA) is 62.0 Å². The molecule has 1 aliphatic heterocycles. The molecular weight excluding hydrogens is 364 g/mol. The van der Waals surface area contributed by atoms with Crippen LogP contribution in [-0.2, 0) is 11.2 Å². The molecule has 2 heterocycles. The van der Waals surface area contributed by atoms with Crippen LogP contribution in [0.25, 0.3) is 0 Å². The number of aliphatic imine (C=N–C) groups is 1. The zero-order valence-corrected chi connectivity index (χ0v) is 17.9. The highest BCUT2D eigenvalue weighted by Crippen LogP contribution is 2.23. The van der Waals surface area contributed by atoms with Crippen LogP contribution >= 0.6 is 0 Å². The fourth-order valence-electron chi connectivity index (χ4n) is 3.65. The molecule has 1 aromatic carbocycles. The second kappa shape index (κ2) is 11.0. The number of morpholine rings is 1. The maximum Gasteiger partial charge on any atom is 0.191 e. The summed E-state index contributed by atoms with van der Waals surface area (Å²) in [6.07, 6.45) is 2.10. The molecule has 1 aromatic heterocycles. The Bertz CT molecular complexity index is 753. The van der Waals surface area contributed by atoms with Gasteiger partial charge in [0.25, 0.3) is 0 Å². The molecule has 2 N–H and O–H groups in total. The molecule has 6 nitrogen and oxygen atoms in total. The van der Waals surface area contributed by atoms with Gasteiger partial charge in [0.15, 0.2) is 5.96 Å². The third-order valence-corrected chi connectivity index (χ3v) is 5.35. The molecule has 1 fully saturated rings. The second-order valence-electron chi connectivity index (χ2n) is 7.64. The third-order valence-electron chi connectivity index (χ3n) is 5.35. The van der Waals surface area contributed by atoms with Crippen molar-refractivity contribution >= 4 is 5.96 Å². The van der Waals surface area contributed by atoms with Gasteiger partial charge in [-0.1, -0.05) is 30.3 Å². The van der Waals surface area contributed by atoms with Gasteiger partial charge in [-0.25, -0.2) is 0 Å². The Hall–Kier alpha value is -2.31. The van der Waals surface area contributed by atoms with Crippen LogP contribution in [0, 0.1) is 6.92 Å². The summed E-state index contributed by atoms with van der Waals surface area (Å²) in [7, 11) is 1.82. The van der Waals surface area contributed by atoms with Crippen molar-refractivity contribution in [3.63, 3.8) is 0 Å². The van der Waals surface area contributed by atoms with E-state index >= 15 is 0 Å². The molecule has 29 heavy (non-hydrogen) atoms. The van der Waals surface area contributed by atoms with Crippen LogP contribution in [0.3, 0.4) is 0 Å². The minimum absolute atomic E-state index is 0.158. The first kappa shape index (κ1) is 21.4. The summed E-state index contributed by atoms with van der Waals surface area (Å²) < 4.78 is 11.5. The lowest BCUT2D eigenvalue weighted by atomic mass is 10.1. The molecule has 0 saturated carbocycles. The molecule has 2 unspecified atom stereocenters. The molecule has 0 amide bonds. The first-order chi connectivity index (χ1) is 14.2. The Morgan fingerprint density at radius 3 is 2.55 bits per heavy atom. The first-order valence-electron chi connectivity index (χ1n) is 10.5. The molecular formula is C23H34N4O2. The summed E-state index contributed by atoms with van der Waals surface area (Å²) in [5.41, 5.74) is 1.37. The van der Waals surface area contributed by atoms with Crippen LogP contribution in [0.2, 0.25) is 0 Å². The molecule has 1 saturated heterocycles. The number of guanidine groups is 1. The summed E-state index contributed by atoms with van der Waals surface area (Å²) in [5.74, 6) is 2.76. The largest absolute Gasteiger partial charge is 0.465 e. The van der Waals surface area contributed by atoms with Crippen molar-refractivity contribution in [3.05, 3.63) is 59.5 Å². The highest BCUT2D eigenvalue weighted by Gasteiger charge is 2.25. The molecule has 2 aromatic rings. The average Bonchev–Trinajstić information content (AvgIpc) is 3.19. The molecule has 2 atom stereocenters. The van der Waals surface area contributed by atoms with Gasteiger partial charge in [-0.3, -0.25) is 9.89 Å². The van der Waals surface area contributed by atoms with E-state index in [4.69, 9.17) is 9.15 Å². The van der Waals surface area contributed by atoms with E-state index in [1.165, 1.54) is 5.56 Å². The van der Waals surface area contributed by atoms with E-state index in [0.717, 1.165) is 63.2 Å². The summed E-state index contributed by atoms with van der Waals surface area (Å²) in [5, 5.41) is 7.02. The van der Waals surface area contributed by atoms with E-state index in [1.54, 1.807) is 0 Å². The number of nitrogens with one attached hydrogen (secondary N) is 2. The van der Waals surface area contributed by atoms with Gasteiger partial charge < -0.3 is 19.8 Å². The highest BCUT2D eigenvalue weighted by atomic mass is 16.5. The summed E-state index contributed by atoms with van der Waals surface area (Å²) in [4.78, 5) is 6.84. The summed E-state index contributed by atoms with van der Waals surface area (Å²) in [6.45, 7) is 8.27. The van der Waals surface area contributed by atoms with Gasteiger partial charge in [0, 0.05) is 32.7 Å². The maximum atomic E-state index is 5.95. The number of furan rings is 1. The molecule has 0 aliphatic carbocycles. The van der Waals surface area contributed by atoms with Gasteiger partial charge in [0.1, 0.15) is 11.5 Å². The molecule has 1 aliphatic rings. The van der Waals surface area contributed by atoms with Crippen LogP contribution < -0.4 is 10.6 Å². The lowest BCUT2D eigenvalue weighted by molar-refractivity contribution is 0.0124. The van der Waals surface area contributed by atoms with E-state index in [-0.39, 0.29) is 6.04 Å². The van der Waals surface area contributed by atoms with Crippen molar-refractivity contribution in [1.82, 2.24) is 15.5 Å². The van der Waals surface area contributed by atoms with E-state index in [0.29, 0.717) is 6.04 Å². The number of aryl methyl sites for hydroxylation is 2. The first-order valence-corrected chi connectivity index (χ1v) is 10.5. The molecule has 158 valence electrons. The standard InChI is InChI=1S/C23H34N4O2/c1-18(9-11-20-7-5-4-6-8-20)26-23(24-3)25-17-21(22-12-10-19(2)29-22)27-13-15-28-16-14-27/h4-8,10,12,18,21H,9,11,13-17H2,1-3H3,(H2,24,25,26). The quantitative estimate of drug-likeness (QED) is 0.528. The molecule has 0 bridgehead atoms. The zero-order chi connectivity index (χ0) is 20.5. The van der Waals surface area contributed by atoms with Crippen molar-refractivity contribution in [1.29, 1.82) is 0 Å². The minimum atomic E-state index is 0.158. The lowest BCUT2D eigenvalue weighted by Crippen LogP contribution is -2.47. The van der Waals surface area contributed by atoms with Crippen molar-refractivity contribution < 1.29 is 9.15 Å². The van der Waals surface area contributed by atoms with Crippen LogP contribution in [0.15, 0.2) is 51.9 Å². The van der Waals surface area contributed by atoms with Gasteiger partial charge in [0.05, 0.1) is 19.3 Å². The average molecular weight is 399 g/mol. The number of hydrogen-bond acceptors (Lipinski definition) is 4. The van der Waals surface area contributed by atoms with Gasteiger partial charge >= 0.3 is 0 Å². The number of benzene rings is 1. The Kier molecular flexibility index (Phi) is 8.14. The van der Waals surface area contributed by atoms with Crippen molar-refractivity contribution in [2.75, 3.05) is 39.9 Å². The van der Waals surface area contributed by atoms with E-state index in [1.807, 2.05) is 20.0 Å². The third kappa shape index (κ3) is 6.61. The molecule has 0 spiro atoms. The van der Waals surface area contributed by atoms with Gasteiger partial charge in [0.2, 0.25) is 0 Å². The minimum Gasteiger partial charge on any atom is -0.465 e. The Balaban J connectivity index is 1.53. The van der Waals surface area contributed by atoms with Gasteiger partial charge in [-0.2, -0.15) is 0 Å². The lowest BCUT2D eigenvalue weighted by Gasteiger charge is -2.33. The monoisotopic (exact) mass is 398 g/mol. The van der Waals surface area contributed by atoms with Gasteiger partial charge in [-0.15, -0.1) is 0 Å². The van der Waals surface area contributed by atoms with Crippen molar-refractivity contribution in [2.45, 2.75) is 38.8 Å². The summed E-state index contributed by atoms with van der Waals surface area (Å²) in [6, 6.07) is 15.2. The smallest absolute Gasteiger partial charge is 0.191 e. The van der Waals surface area contributed by atoms with E-state index in [9.17, 15) is 0 Å². The summed E-state index contributed by atoms with van der Waals surface area (Å²) >= 11 is 0. The van der Waals surface area contributed by atoms with E-state index < -0.39 is 0 Å². The molecule has 3 rings (SSSR count). The highest BCUT2D eigenvalue weighted by molar-refractivity contribution is 5.79. The van der Waals surface area contributed by atoms with Gasteiger partial charge in [-0.05, 0) is 44.4 Å². The predicted molar refractivity (Wildman–Crippen MR) is 117 cm³/mol.